The molecule has 0 radical (unpaired) electrons. The second kappa shape index (κ2) is 7.38. The van der Waals surface area contributed by atoms with Crippen LogP contribution in [-0.2, 0) is 6.42 Å². The van der Waals surface area contributed by atoms with Crippen molar-refractivity contribution in [2.45, 2.75) is 12.3 Å². The Balaban J connectivity index is 1.44. The first-order chi connectivity index (χ1) is 12.7. The van der Waals surface area contributed by atoms with Crippen LogP contribution in [0, 0.1) is 5.92 Å². The Morgan fingerprint density at radius 1 is 1.04 bits per heavy atom. The summed E-state index contributed by atoms with van der Waals surface area (Å²) in [5.74, 6) is 2.48. The van der Waals surface area contributed by atoms with Crippen LogP contribution in [0.3, 0.4) is 0 Å². The molecule has 1 amide bonds. The number of ether oxygens (including phenoxy) is 2. The van der Waals surface area contributed by atoms with Gasteiger partial charge >= 0.3 is 0 Å². The number of fused-ring (bicyclic) bond motifs is 3. The van der Waals surface area contributed by atoms with Gasteiger partial charge in [-0.1, -0.05) is 18.2 Å². The van der Waals surface area contributed by atoms with E-state index in [4.69, 9.17) is 9.47 Å². The Labute approximate surface area is 153 Å². The monoisotopic (exact) mass is 352 g/mol. The molecule has 1 saturated heterocycles. The summed E-state index contributed by atoms with van der Waals surface area (Å²) in [5.41, 5.74) is 3.08. The van der Waals surface area contributed by atoms with Gasteiger partial charge < -0.3 is 20.1 Å². The molecule has 0 aliphatic carbocycles. The molecule has 0 saturated carbocycles. The number of carbonyl (C=O) groups excluding carboxylic acids is 1. The van der Waals surface area contributed by atoms with Crippen LogP contribution in [-0.4, -0.2) is 39.3 Å². The number of carbonyl (C=O) groups is 1. The Kier molecular flexibility index (Phi) is 4.80. The van der Waals surface area contributed by atoms with Crippen LogP contribution in [0.15, 0.2) is 42.5 Å². The van der Waals surface area contributed by atoms with Crippen molar-refractivity contribution < 1.29 is 14.3 Å². The lowest BCUT2D eigenvalue weighted by molar-refractivity contribution is 0.0952. The van der Waals surface area contributed by atoms with Crippen LogP contribution in [0.2, 0.25) is 0 Å². The summed E-state index contributed by atoms with van der Waals surface area (Å²) in [5, 5.41) is 6.48. The number of nitrogens with one attached hydrogen (secondary N) is 2. The molecule has 2 N–H and O–H groups in total. The molecular weight excluding hydrogens is 328 g/mol. The number of methoxy groups -OCH3 is 1. The van der Waals surface area contributed by atoms with Gasteiger partial charge in [-0.3, -0.25) is 4.79 Å². The fraction of sp³-hybridized carbons (Fsp3) is 0.381. The highest BCUT2D eigenvalue weighted by atomic mass is 16.5. The maximum atomic E-state index is 12.4. The summed E-state index contributed by atoms with van der Waals surface area (Å²) in [6.07, 6.45) is 0.807. The van der Waals surface area contributed by atoms with Crippen LogP contribution in [0.25, 0.3) is 0 Å². The Morgan fingerprint density at radius 2 is 1.85 bits per heavy atom. The SMILES string of the molecule is COc1ccc(CCOc2ccc3c(c2)C(=O)NC[C@H]2CNC[C@H]32)cc1. The molecule has 26 heavy (non-hydrogen) atoms. The molecule has 5 heteroatoms. The van der Waals surface area contributed by atoms with Gasteiger partial charge in [0.1, 0.15) is 11.5 Å². The van der Waals surface area contributed by atoms with Crippen molar-refractivity contribution in [1.82, 2.24) is 10.6 Å². The minimum Gasteiger partial charge on any atom is -0.497 e. The number of hydrogen-bond donors (Lipinski definition) is 2. The Hall–Kier alpha value is -2.53. The lowest BCUT2D eigenvalue weighted by Crippen LogP contribution is -2.28. The number of rotatable bonds is 5. The van der Waals surface area contributed by atoms with Gasteiger partial charge in [-0.2, -0.15) is 0 Å². The molecule has 136 valence electrons. The van der Waals surface area contributed by atoms with Crippen molar-refractivity contribution in [3.05, 3.63) is 59.2 Å². The number of amides is 1. The number of benzene rings is 2. The molecule has 2 aromatic rings. The van der Waals surface area contributed by atoms with E-state index in [2.05, 4.69) is 16.7 Å². The van der Waals surface area contributed by atoms with E-state index in [1.807, 2.05) is 36.4 Å². The molecule has 2 heterocycles. The summed E-state index contributed by atoms with van der Waals surface area (Å²) in [6, 6.07) is 13.9. The second-order valence-electron chi connectivity index (χ2n) is 6.93. The van der Waals surface area contributed by atoms with E-state index >= 15 is 0 Å². The van der Waals surface area contributed by atoms with E-state index in [-0.39, 0.29) is 5.91 Å². The average Bonchev–Trinajstić information content (AvgIpc) is 3.10. The van der Waals surface area contributed by atoms with Crippen molar-refractivity contribution in [3.8, 4) is 11.5 Å². The fourth-order valence-corrected chi connectivity index (χ4v) is 3.85. The Morgan fingerprint density at radius 3 is 2.65 bits per heavy atom. The molecule has 2 atom stereocenters. The highest BCUT2D eigenvalue weighted by Gasteiger charge is 2.34. The van der Waals surface area contributed by atoms with Gasteiger partial charge in [-0.15, -0.1) is 0 Å². The predicted octanol–water partition coefficient (Wildman–Crippen LogP) is 2.36. The van der Waals surface area contributed by atoms with Gasteiger partial charge in [0, 0.05) is 37.5 Å². The molecular formula is C21H24N2O3. The van der Waals surface area contributed by atoms with E-state index in [0.717, 1.165) is 48.7 Å². The van der Waals surface area contributed by atoms with Gasteiger partial charge in [0.05, 0.1) is 13.7 Å². The van der Waals surface area contributed by atoms with E-state index in [1.165, 1.54) is 5.56 Å². The van der Waals surface area contributed by atoms with E-state index in [0.29, 0.717) is 18.4 Å². The summed E-state index contributed by atoms with van der Waals surface area (Å²) in [6.45, 7) is 3.20. The zero-order valence-corrected chi connectivity index (χ0v) is 15.0. The summed E-state index contributed by atoms with van der Waals surface area (Å²) >= 11 is 0. The minimum absolute atomic E-state index is 0.00926. The average molecular weight is 352 g/mol. The standard InChI is InChI=1S/C21H24N2O3/c1-25-16-4-2-14(3-5-16)8-9-26-17-6-7-18-19(10-17)21(24)23-12-15-11-22-13-20(15)18/h2-7,10,15,20,22H,8-9,11-13H2,1H3,(H,23,24)/t15-,20+/m1/s1. The lowest BCUT2D eigenvalue weighted by atomic mass is 9.87. The van der Waals surface area contributed by atoms with Crippen molar-refractivity contribution in [1.29, 1.82) is 0 Å². The molecule has 0 aromatic heterocycles. The second-order valence-corrected chi connectivity index (χ2v) is 6.93. The minimum atomic E-state index is 0.00926. The van der Waals surface area contributed by atoms with Gasteiger partial charge in [0.2, 0.25) is 0 Å². The molecule has 0 unspecified atom stereocenters. The van der Waals surface area contributed by atoms with Crippen LogP contribution < -0.4 is 20.1 Å². The third-order valence-electron chi connectivity index (χ3n) is 5.35. The quantitative estimate of drug-likeness (QED) is 0.867. The van der Waals surface area contributed by atoms with E-state index < -0.39 is 0 Å². The molecule has 2 aliphatic rings. The van der Waals surface area contributed by atoms with Crippen molar-refractivity contribution in [3.63, 3.8) is 0 Å². The molecule has 2 aliphatic heterocycles. The maximum Gasteiger partial charge on any atom is 0.251 e. The van der Waals surface area contributed by atoms with Crippen LogP contribution in [0.4, 0.5) is 0 Å². The zero-order chi connectivity index (χ0) is 17.9. The zero-order valence-electron chi connectivity index (χ0n) is 15.0. The first kappa shape index (κ1) is 16.9. The van der Waals surface area contributed by atoms with E-state index in [9.17, 15) is 4.79 Å². The first-order valence-electron chi connectivity index (χ1n) is 9.13. The van der Waals surface area contributed by atoms with Crippen LogP contribution in [0.5, 0.6) is 11.5 Å². The predicted molar refractivity (Wildman–Crippen MR) is 100 cm³/mol. The molecule has 2 aromatic carbocycles. The maximum absolute atomic E-state index is 12.4. The smallest absolute Gasteiger partial charge is 0.251 e. The Bertz CT molecular complexity index is 788. The molecule has 0 spiro atoms. The summed E-state index contributed by atoms with van der Waals surface area (Å²) < 4.78 is 11.1. The highest BCUT2D eigenvalue weighted by molar-refractivity contribution is 5.96. The third-order valence-corrected chi connectivity index (χ3v) is 5.35. The van der Waals surface area contributed by atoms with Gasteiger partial charge in [-0.05, 0) is 41.3 Å². The van der Waals surface area contributed by atoms with Gasteiger partial charge in [-0.25, -0.2) is 0 Å². The van der Waals surface area contributed by atoms with Crippen LogP contribution in [0.1, 0.15) is 27.4 Å². The van der Waals surface area contributed by atoms with Gasteiger partial charge in [0.25, 0.3) is 5.91 Å². The van der Waals surface area contributed by atoms with Crippen molar-refractivity contribution >= 4 is 5.91 Å². The number of hydrogen-bond acceptors (Lipinski definition) is 4. The lowest BCUT2D eigenvalue weighted by Gasteiger charge is -2.17. The summed E-state index contributed by atoms with van der Waals surface area (Å²) in [4.78, 5) is 12.4. The topological polar surface area (TPSA) is 59.6 Å². The third kappa shape index (κ3) is 3.40. The first-order valence-corrected chi connectivity index (χ1v) is 9.13. The van der Waals surface area contributed by atoms with E-state index in [1.54, 1.807) is 7.11 Å². The highest BCUT2D eigenvalue weighted by Crippen LogP contribution is 2.34. The van der Waals surface area contributed by atoms with Crippen LogP contribution >= 0.6 is 0 Å². The van der Waals surface area contributed by atoms with Gasteiger partial charge in [0.15, 0.2) is 0 Å². The normalized spacial score (nSPS) is 21.3. The summed E-state index contributed by atoms with van der Waals surface area (Å²) in [7, 11) is 1.66. The molecule has 0 bridgehead atoms. The molecule has 1 fully saturated rings. The fourth-order valence-electron chi connectivity index (χ4n) is 3.85. The molecule has 4 rings (SSSR count). The van der Waals surface area contributed by atoms with Crippen molar-refractivity contribution in [2.75, 3.05) is 33.4 Å². The van der Waals surface area contributed by atoms with Crippen molar-refractivity contribution in [2.24, 2.45) is 5.92 Å². The largest absolute Gasteiger partial charge is 0.497 e. The molecule has 5 nitrogen and oxygen atoms in total.